The number of nitrogen functional groups attached to an aromatic ring is 1. The monoisotopic (exact) mass is 228 g/mol. The molecule has 3 rings (SSSR count). The minimum absolute atomic E-state index is 0.796. The molecule has 1 heterocycles. The van der Waals surface area contributed by atoms with Crippen molar-refractivity contribution in [2.75, 3.05) is 5.73 Å². The van der Waals surface area contributed by atoms with Crippen LogP contribution in [0.3, 0.4) is 0 Å². The van der Waals surface area contributed by atoms with Crippen molar-refractivity contribution >= 4 is 23.1 Å². The van der Waals surface area contributed by atoms with Gasteiger partial charge < -0.3 is 5.73 Å². The molecule has 0 amide bonds. The Morgan fingerprint density at radius 1 is 1.19 bits per heavy atom. The van der Waals surface area contributed by atoms with Gasteiger partial charge in [0, 0.05) is 11.3 Å². The molecule has 0 spiro atoms. The van der Waals surface area contributed by atoms with Gasteiger partial charge in [-0.1, -0.05) is 6.08 Å². The van der Waals surface area contributed by atoms with Crippen LogP contribution >= 0.6 is 11.3 Å². The number of rotatable bonds is 1. The molecule has 1 aliphatic rings. The molecule has 3 heteroatoms. The highest BCUT2D eigenvalue weighted by molar-refractivity contribution is 7.16. The third kappa shape index (κ3) is 1.63. The zero-order valence-corrected chi connectivity index (χ0v) is 9.63. The van der Waals surface area contributed by atoms with Crippen molar-refractivity contribution in [3.8, 4) is 10.6 Å². The smallest absolute Gasteiger partial charge is 0.124 e. The number of hydrogen-bond acceptors (Lipinski definition) is 3. The highest BCUT2D eigenvalue weighted by Crippen LogP contribution is 2.31. The van der Waals surface area contributed by atoms with E-state index < -0.39 is 0 Å². The second kappa shape index (κ2) is 3.76. The Balaban J connectivity index is 2.04. The average Bonchev–Trinajstić information content (AvgIpc) is 2.73. The van der Waals surface area contributed by atoms with E-state index in [0.29, 0.717) is 0 Å². The number of anilines is 1. The largest absolute Gasteiger partial charge is 0.399 e. The maximum absolute atomic E-state index is 5.67. The lowest BCUT2D eigenvalue weighted by Gasteiger charge is -1.99. The summed E-state index contributed by atoms with van der Waals surface area (Å²) in [5.74, 6) is 0. The summed E-state index contributed by atoms with van der Waals surface area (Å²) in [6.07, 6.45) is 6.57. The summed E-state index contributed by atoms with van der Waals surface area (Å²) in [5.41, 5.74) is 8.86. The molecule has 0 unspecified atom stereocenters. The van der Waals surface area contributed by atoms with Gasteiger partial charge in [-0.05, 0) is 43.2 Å². The number of hydrogen-bond donors (Lipinski definition) is 1. The second-order valence-corrected chi connectivity index (χ2v) is 4.92. The predicted octanol–water partition coefficient (Wildman–Crippen LogP) is 3.35. The van der Waals surface area contributed by atoms with Crippen LogP contribution in [0.4, 0.5) is 5.69 Å². The van der Waals surface area contributed by atoms with Crippen LogP contribution in [0.1, 0.15) is 17.0 Å². The molecule has 0 saturated carbocycles. The van der Waals surface area contributed by atoms with Crippen molar-refractivity contribution in [1.29, 1.82) is 0 Å². The number of thiazole rings is 1. The van der Waals surface area contributed by atoms with Crippen LogP contribution in [-0.4, -0.2) is 4.98 Å². The van der Waals surface area contributed by atoms with Crippen LogP contribution in [0.25, 0.3) is 16.6 Å². The lowest BCUT2D eigenvalue weighted by molar-refractivity contribution is 0.947. The van der Waals surface area contributed by atoms with Gasteiger partial charge in [-0.3, -0.25) is 0 Å². The van der Waals surface area contributed by atoms with Crippen molar-refractivity contribution in [1.82, 2.24) is 4.98 Å². The second-order valence-electron chi connectivity index (χ2n) is 3.89. The Hall–Kier alpha value is -1.61. The lowest BCUT2D eigenvalue weighted by Crippen LogP contribution is -1.90. The van der Waals surface area contributed by atoms with E-state index in [9.17, 15) is 0 Å². The van der Waals surface area contributed by atoms with E-state index in [0.717, 1.165) is 29.1 Å². The van der Waals surface area contributed by atoms with Crippen LogP contribution in [0.15, 0.2) is 30.3 Å². The van der Waals surface area contributed by atoms with Crippen LogP contribution in [0, 0.1) is 0 Å². The Morgan fingerprint density at radius 2 is 2.00 bits per heavy atom. The highest BCUT2D eigenvalue weighted by Gasteiger charge is 2.12. The number of benzene rings is 1. The minimum atomic E-state index is 0.796. The first-order valence-electron chi connectivity index (χ1n) is 5.35. The summed E-state index contributed by atoms with van der Waals surface area (Å²) in [4.78, 5) is 5.98. The standard InChI is InChI=1S/C13H12N2S/c14-10-7-5-9(6-8-10)13-15-11-3-1-2-4-12(11)16-13/h2,4-8H,1,3,14H2. The molecule has 0 atom stereocenters. The topological polar surface area (TPSA) is 38.9 Å². The molecule has 2 nitrogen and oxygen atoms in total. The third-order valence-electron chi connectivity index (χ3n) is 2.70. The van der Waals surface area contributed by atoms with E-state index in [-0.39, 0.29) is 0 Å². The Morgan fingerprint density at radius 3 is 2.75 bits per heavy atom. The Labute approximate surface area is 98.5 Å². The number of nitrogens with two attached hydrogens (primary N) is 1. The van der Waals surface area contributed by atoms with Gasteiger partial charge in [-0.25, -0.2) is 4.98 Å². The van der Waals surface area contributed by atoms with Gasteiger partial charge in [-0.2, -0.15) is 0 Å². The molecule has 1 aromatic heterocycles. The maximum Gasteiger partial charge on any atom is 0.124 e. The quantitative estimate of drug-likeness (QED) is 0.760. The summed E-state index contributed by atoms with van der Waals surface area (Å²) < 4.78 is 0. The van der Waals surface area contributed by atoms with Crippen molar-refractivity contribution in [2.45, 2.75) is 12.8 Å². The molecule has 0 aliphatic heterocycles. The molecule has 0 radical (unpaired) electrons. The van der Waals surface area contributed by atoms with Crippen molar-refractivity contribution < 1.29 is 0 Å². The fourth-order valence-electron chi connectivity index (χ4n) is 1.83. The SMILES string of the molecule is Nc1ccc(-c2nc3c(s2)C=CCC3)cc1. The summed E-state index contributed by atoms with van der Waals surface area (Å²) in [6, 6.07) is 7.91. The number of nitrogens with zero attached hydrogens (tertiary/aromatic N) is 1. The van der Waals surface area contributed by atoms with Gasteiger partial charge in [0.15, 0.2) is 0 Å². The summed E-state index contributed by atoms with van der Waals surface area (Å²) in [6.45, 7) is 0. The number of allylic oxidation sites excluding steroid dienone is 1. The van der Waals surface area contributed by atoms with Crippen LogP contribution < -0.4 is 5.73 Å². The van der Waals surface area contributed by atoms with Crippen LogP contribution in [0.5, 0.6) is 0 Å². The average molecular weight is 228 g/mol. The van der Waals surface area contributed by atoms with Gasteiger partial charge >= 0.3 is 0 Å². The van der Waals surface area contributed by atoms with E-state index in [2.05, 4.69) is 17.1 Å². The molecule has 80 valence electrons. The number of fused-ring (bicyclic) bond motifs is 1. The number of aromatic nitrogens is 1. The van der Waals surface area contributed by atoms with Gasteiger partial charge in [0.2, 0.25) is 0 Å². The zero-order chi connectivity index (χ0) is 11.0. The molecule has 1 aliphatic carbocycles. The fraction of sp³-hybridized carbons (Fsp3) is 0.154. The van der Waals surface area contributed by atoms with Crippen molar-refractivity contribution in [2.24, 2.45) is 0 Å². The number of aryl methyl sites for hydroxylation is 1. The minimum Gasteiger partial charge on any atom is -0.399 e. The fourth-order valence-corrected chi connectivity index (χ4v) is 2.88. The highest BCUT2D eigenvalue weighted by atomic mass is 32.1. The van der Waals surface area contributed by atoms with E-state index >= 15 is 0 Å². The Bertz CT molecular complexity index is 538. The van der Waals surface area contributed by atoms with Crippen molar-refractivity contribution in [3.05, 3.63) is 40.9 Å². The van der Waals surface area contributed by atoms with Gasteiger partial charge in [0.1, 0.15) is 5.01 Å². The van der Waals surface area contributed by atoms with E-state index in [1.165, 1.54) is 10.6 Å². The molecule has 1 aromatic carbocycles. The normalized spacial score (nSPS) is 13.8. The molecular weight excluding hydrogens is 216 g/mol. The molecule has 2 N–H and O–H groups in total. The predicted molar refractivity (Wildman–Crippen MR) is 69.3 cm³/mol. The third-order valence-corrected chi connectivity index (χ3v) is 3.81. The first kappa shape index (κ1) is 9.60. The van der Waals surface area contributed by atoms with Gasteiger partial charge in [0.25, 0.3) is 0 Å². The van der Waals surface area contributed by atoms with Crippen molar-refractivity contribution in [3.63, 3.8) is 0 Å². The summed E-state index contributed by atoms with van der Waals surface area (Å²) in [5, 5.41) is 1.09. The van der Waals surface area contributed by atoms with E-state index in [1.54, 1.807) is 11.3 Å². The molecule has 0 bridgehead atoms. The Kier molecular flexibility index (Phi) is 2.26. The zero-order valence-electron chi connectivity index (χ0n) is 8.81. The lowest BCUT2D eigenvalue weighted by atomic mass is 10.1. The molecule has 2 aromatic rings. The molecule has 0 saturated heterocycles. The summed E-state index contributed by atoms with van der Waals surface area (Å²) in [7, 11) is 0. The maximum atomic E-state index is 5.67. The first-order valence-corrected chi connectivity index (χ1v) is 6.17. The molecule has 0 fully saturated rings. The van der Waals surface area contributed by atoms with Crippen LogP contribution in [-0.2, 0) is 6.42 Å². The van der Waals surface area contributed by atoms with Gasteiger partial charge in [-0.15, -0.1) is 11.3 Å². The van der Waals surface area contributed by atoms with E-state index in [1.807, 2.05) is 24.3 Å². The summed E-state index contributed by atoms with van der Waals surface area (Å²) >= 11 is 1.76. The first-order chi connectivity index (χ1) is 7.83. The molecular formula is C13H12N2S. The van der Waals surface area contributed by atoms with Crippen LogP contribution in [0.2, 0.25) is 0 Å². The van der Waals surface area contributed by atoms with Gasteiger partial charge in [0.05, 0.1) is 10.6 Å². The molecule has 16 heavy (non-hydrogen) atoms. The van der Waals surface area contributed by atoms with E-state index in [4.69, 9.17) is 5.73 Å².